The number of sulfonamides is 1. The number of benzene rings is 1. The van der Waals surface area contributed by atoms with Gasteiger partial charge in [-0.3, -0.25) is 4.79 Å². The number of amides is 1. The second kappa shape index (κ2) is 6.18. The lowest BCUT2D eigenvalue weighted by atomic mass is 10.1. The zero-order valence-electron chi connectivity index (χ0n) is 13.6. The first-order valence-electron chi connectivity index (χ1n) is 7.77. The van der Waals surface area contributed by atoms with E-state index in [0.717, 1.165) is 0 Å². The van der Waals surface area contributed by atoms with E-state index in [1.165, 1.54) is 22.7 Å². The molecule has 1 aromatic heterocycles. The first-order valence-corrected chi connectivity index (χ1v) is 9.61. The molecule has 0 spiro atoms. The van der Waals surface area contributed by atoms with Gasteiger partial charge in [0.1, 0.15) is 11.5 Å². The van der Waals surface area contributed by atoms with Gasteiger partial charge in [-0.2, -0.15) is 0 Å². The van der Waals surface area contributed by atoms with Gasteiger partial charge >= 0.3 is 0 Å². The maximum atomic E-state index is 13.7. The lowest BCUT2D eigenvalue weighted by Gasteiger charge is -2.35. The number of halogens is 1. The Bertz CT molecular complexity index is 870. The molecule has 1 saturated heterocycles. The van der Waals surface area contributed by atoms with Gasteiger partial charge in [0.2, 0.25) is 10.0 Å². The summed E-state index contributed by atoms with van der Waals surface area (Å²) in [7, 11) is -1.66. The predicted molar refractivity (Wildman–Crippen MR) is 89.8 cm³/mol. The third-order valence-corrected chi connectivity index (χ3v) is 5.97. The molecule has 130 valence electrons. The highest BCUT2D eigenvalue weighted by molar-refractivity contribution is 7.88. The number of rotatable bonds is 3. The van der Waals surface area contributed by atoms with Crippen LogP contribution in [0.2, 0.25) is 0 Å². The molecule has 0 aliphatic carbocycles. The highest BCUT2D eigenvalue weighted by Gasteiger charge is 2.29. The zero-order valence-corrected chi connectivity index (χ0v) is 14.4. The second-order valence-electron chi connectivity index (χ2n) is 6.19. The van der Waals surface area contributed by atoms with Crippen LogP contribution in [-0.4, -0.2) is 60.9 Å². The maximum Gasteiger partial charge on any atom is 0.270 e. The predicted octanol–water partition coefficient (Wildman–Crippen LogP) is 1.80. The van der Waals surface area contributed by atoms with Crippen LogP contribution in [0.15, 0.2) is 24.3 Å². The van der Waals surface area contributed by atoms with Crippen LogP contribution >= 0.6 is 0 Å². The van der Waals surface area contributed by atoms with Gasteiger partial charge in [-0.1, -0.05) is 6.07 Å². The summed E-state index contributed by atoms with van der Waals surface area (Å²) in [6, 6.07) is 6.11. The number of carbonyl (C=O) groups excluding carboxylic acids is 1. The number of fused-ring (bicyclic) bond motifs is 1. The van der Waals surface area contributed by atoms with Gasteiger partial charge in [0.25, 0.3) is 5.91 Å². The first-order chi connectivity index (χ1) is 11.3. The van der Waals surface area contributed by atoms with Gasteiger partial charge in [-0.25, -0.2) is 17.1 Å². The fourth-order valence-corrected chi connectivity index (χ4v) is 3.86. The molecule has 1 amide bonds. The van der Waals surface area contributed by atoms with E-state index in [4.69, 9.17) is 0 Å². The largest absolute Gasteiger partial charge is 0.350 e. The molecule has 2 heterocycles. The van der Waals surface area contributed by atoms with Crippen molar-refractivity contribution in [1.29, 1.82) is 0 Å². The molecule has 0 radical (unpaired) electrons. The highest BCUT2D eigenvalue weighted by Crippen LogP contribution is 2.22. The average Bonchev–Trinajstić information content (AvgIpc) is 2.98. The molecule has 0 bridgehead atoms. The van der Waals surface area contributed by atoms with Crippen LogP contribution in [0.25, 0.3) is 10.9 Å². The molecule has 1 aromatic carbocycles. The van der Waals surface area contributed by atoms with E-state index in [-0.39, 0.29) is 17.8 Å². The smallest absolute Gasteiger partial charge is 0.270 e. The van der Waals surface area contributed by atoms with E-state index < -0.39 is 10.0 Å². The number of likely N-dealkylation sites (tertiary alicyclic amines) is 1. The topological polar surface area (TPSA) is 73.5 Å². The van der Waals surface area contributed by atoms with Crippen molar-refractivity contribution in [3.05, 3.63) is 35.8 Å². The Balaban J connectivity index is 1.72. The molecular weight excluding hydrogens is 333 g/mol. The highest BCUT2D eigenvalue weighted by atomic mass is 32.2. The maximum absolute atomic E-state index is 13.7. The van der Waals surface area contributed by atoms with Crippen molar-refractivity contribution in [3.63, 3.8) is 0 Å². The average molecular weight is 353 g/mol. The molecule has 1 aliphatic heterocycles. The number of aromatic nitrogens is 1. The van der Waals surface area contributed by atoms with E-state index in [1.54, 1.807) is 24.1 Å². The van der Waals surface area contributed by atoms with Gasteiger partial charge in [-0.05, 0) is 31.0 Å². The van der Waals surface area contributed by atoms with Gasteiger partial charge in [0, 0.05) is 37.1 Å². The van der Waals surface area contributed by atoms with Crippen LogP contribution in [0.4, 0.5) is 4.39 Å². The van der Waals surface area contributed by atoms with Gasteiger partial charge in [-0.15, -0.1) is 0 Å². The van der Waals surface area contributed by atoms with Crippen molar-refractivity contribution in [1.82, 2.24) is 14.2 Å². The van der Waals surface area contributed by atoms with Gasteiger partial charge in [0.05, 0.1) is 6.26 Å². The number of nitrogens with one attached hydrogen (secondary N) is 1. The molecule has 1 N–H and O–H groups in total. The third kappa shape index (κ3) is 3.16. The first kappa shape index (κ1) is 16.9. The minimum atomic E-state index is -3.23. The lowest BCUT2D eigenvalue weighted by molar-refractivity contribution is 0.0681. The van der Waals surface area contributed by atoms with E-state index in [2.05, 4.69) is 4.98 Å². The normalized spacial score (nSPS) is 16.9. The second-order valence-corrected chi connectivity index (χ2v) is 8.23. The summed E-state index contributed by atoms with van der Waals surface area (Å²) in [5.74, 6) is -0.553. The molecular formula is C16H20FN3O3S. The summed E-state index contributed by atoms with van der Waals surface area (Å²) in [6.45, 7) is 0.947. The fraction of sp³-hybridized carbons (Fsp3) is 0.438. The summed E-state index contributed by atoms with van der Waals surface area (Å²) in [5.41, 5.74) is 0.940. The molecule has 8 heteroatoms. The van der Waals surface area contributed by atoms with E-state index in [0.29, 0.717) is 42.5 Å². The molecule has 0 saturated carbocycles. The van der Waals surface area contributed by atoms with Gasteiger partial charge in [0.15, 0.2) is 0 Å². The van der Waals surface area contributed by atoms with E-state index >= 15 is 0 Å². The minimum absolute atomic E-state index is 0.0933. The summed E-state index contributed by atoms with van der Waals surface area (Å²) in [4.78, 5) is 17.2. The Kier molecular flexibility index (Phi) is 4.35. The van der Waals surface area contributed by atoms with Crippen LogP contribution in [0, 0.1) is 5.82 Å². The quantitative estimate of drug-likeness (QED) is 0.914. The van der Waals surface area contributed by atoms with Crippen molar-refractivity contribution < 1.29 is 17.6 Å². The van der Waals surface area contributed by atoms with Crippen LogP contribution in [0.1, 0.15) is 23.3 Å². The minimum Gasteiger partial charge on any atom is -0.350 e. The standard InChI is InChI=1S/C16H20FN3O3S/c1-19(24(2,22)23)11-6-8-20(9-7-11)16(21)15-10-12-13(17)4-3-5-14(12)18-15/h3-5,10-11,18H,6-9H2,1-2H3. The fourth-order valence-electron chi connectivity index (χ4n) is 3.11. The Morgan fingerprint density at radius 2 is 2.00 bits per heavy atom. The molecule has 2 aromatic rings. The van der Waals surface area contributed by atoms with Crippen molar-refractivity contribution >= 4 is 26.8 Å². The summed E-state index contributed by atoms with van der Waals surface area (Å²) >= 11 is 0. The summed E-state index contributed by atoms with van der Waals surface area (Å²) in [5, 5.41) is 0.396. The molecule has 1 aliphatic rings. The van der Waals surface area contributed by atoms with Crippen molar-refractivity contribution in [2.24, 2.45) is 0 Å². The van der Waals surface area contributed by atoms with Crippen LogP contribution in [-0.2, 0) is 10.0 Å². The van der Waals surface area contributed by atoms with E-state index in [9.17, 15) is 17.6 Å². The molecule has 0 atom stereocenters. The number of H-pyrrole nitrogens is 1. The van der Waals surface area contributed by atoms with Crippen LogP contribution in [0.3, 0.4) is 0 Å². The molecule has 0 unspecified atom stereocenters. The van der Waals surface area contributed by atoms with Crippen molar-refractivity contribution in [3.8, 4) is 0 Å². The lowest BCUT2D eigenvalue weighted by Crippen LogP contribution is -2.47. The van der Waals surface area contributed by atoms with Crippen molar-refractivity contribution in [2.75, 3.05) is 26.4 Å². The Labute approximate surface area is 140 Å². The van der Waals surface area contributed by atoms with Crippen LogP contribution in [0.5, 0.6) is 0 Å². The number of piperidine rings is 1. The van der Waals surface area contributed by atoms with E-state index in [1.807, 2.05) is 0 Å². The zero-order chi connectivity index (χ0) is 17.5. The number of aromatic amines is 1. The molecule has 3 rings (SSSR count). The SMILES string of the molecule is CN(C1CCN(C(=O)c2cc3c(F)cccc3[nH]2)CC1)S(C)(=O)=O. The van der Waals surface area contributed by atoms with Crippen molar-refractivity contribution in [2.45, 2.75) is 18.9 Å². The summed E-state index contributed by atoms with van der Waals surface area (Å²) in [6.07, 6.45) is 2.36. The number of carbonyl (C=O) groups is 1. The molecule has 24 heavy (non-hydrogen) atoms. The number of nitrogens with zero attached hydrogens (tertiary/aromatic N) is 2. The molecule has 6 nitrogen and oxygen atoms in total. The Morgan fingerprint density at radius 1 is 1.33 bits per heavy atom. The van der Waals surface area contributed by atoms with Crippen LogP contribution < -0.4 is 0 Å². The molecule has 1 fully saturated rings. The number of hydrogen-bond donors (Lipinski definition) is 1. The third-order valence-electron chi connectivity index (χ3n) is 4.63. The van der Waals surface area contributed by atoms with Gasteiger partial charge < -0.3 is 9.88 Å². The summed E-state index contributed by atoms with van der Waals surface area (Å²) < 4.78 is 38.3. The Hall–Kier alpha value is -1.93. The monoisotopic (exact) mass is 353 g/mol. The number of hydrogen-bond acceptors (Lipinski definition) is 3. The Morgan fingerprint density at radius 3 is 2.58 bits per heavy atom.